The molecule has 0 aromatic heterocycles. The van der Waals surface area contributed by atoms with E-state index in [1.165, 1.54) is 0 Å². The summed E-state index contributed by atoms with van der Waals surface area (Å²) in [5.41, 5.74) is 3.14. The topological polar surface area (TPSA) is 80.8 Å². The Morgan fingerprint density at radius 1 is 1.00 bits per heavy atom. The lowest BCUT2D eigenvalue weighted by Gasteiger charge is -2.26. The van der Waals surface area contributed by atoms with Crippen molar-refractivity contribution >= 4 is 21.6 Å². The molecule has 2 aromatic rings. The molecule has 28 heavy (non-hydrogen) atoms. The Kier molecular flexibility index (Phi) is 5.03. The third kappa shape index (κ3) is 3.72. The fourth-order valence-corrected chi connectivity index (χ4v) is 5.02. The number of sulfone groups is 1. The van der Waals surface area contributed by atoms with E-state index in [1.54, 1.807) is 18.2 Å². The highest BCUT2D eigenvalue weighted by molar-refractivity contribution is 7.91. The first-order chi connectivity index (χ1) is 13.4. The number of nitrogens with zero attached hydrogens (tertiary/aromatic N) is 1. The second kappa shape index (κ2) is 7.48. The lowest BCUT2D eigenvalue weighted by atomic mass is 9.83. The number of rotatable bonds is 4. The first kappa shape index (κ1) is 18.8. The van der Waals surface area contributed by atoms with Crippen LogP contribution in [0.3, 0.4) is 0 Å². The lowest BCUT2D eigenvalue weighted by Crippen LogP contribution is -2.41. The molecular formula is C21H21NO5S. The first-order valence-corrected chi connectivity index (χ1v) is 11.1. The Morgan fingerprint density at radius 2 is 1.71 bits per heavy atom. The van der Waals surface area contributed by atoms with E-state index >= 15 is 0 Å². The van der Waals surface area contributed by atoms with Gasteiger partial charge >= 0.3 is 5.97 Å². The summed E-state index contributed by atoms with van der Waals surface area (Å²) in [5.74, 6) is -0.387. The molecular weight excluding hydrogens is 378 g/mol. The molecule has 7 heteroatoms. The zero-order valence-corrected chi connectivity index (χ0v) is 16.2. The number of benzene rings is 2. The number of fused-ring (bicyclic) bond motifs is 2. The van der Waals surface area contributed by atoms with Crippen molar-refractivity contribution in [3.63, 3.8) is 0 Å². The van der Waals surface area contributed by atoms with Gasteiger partial charge in [0, 0.05) is 30.8 Å². The average molecular weight is 399 g/mol. The van der Waals surface area contributed by atoms with Gasteiger partial charge in [0.1, 0.15) is 6.61 Å². The number of carbonyl (C=O) groups is 2. The van der Waals surface area contributed by atoms with E-state index in [4.69, 9.17) is 4.74 Å². The van der Waals surface area contributed by atoms with E-state index < -0.39 is 15.8 Å². The van der Waals surface area contributed by atoms with Crippen molar-refractivity contribution in [3.05, 3.63) is 70.3 Å². The van der Waals surface area contributed by atoms with Crippen LogP contribution < -0.4 is 0 Å². The van der Waals surface area contributed by atoms with Crippen molar-refractivity contribution in [2.75, 3.05) is 37.7 Å². The maximum Gasteiger partial charge on any atom is 0.338 e. The van der Waals surface area contributed by atoms with Gasteiger partial charge in [0.05, 0.1) is 17.1 Å². The van der Waals surface area contributed by atoms with E-state index in [0.29, 0.717) is 42.7 Å². The minimum absolute atomic E-state index is 0.140. The van der Waals surface area contributed by atoms with Crippen LogP contribution in [0, 0.1) is 0 Å². The van der Waals surface area contributed by atoms with Gasteiger partial charge in [-0.3, -0.25) is 9.69 Å². The van der Waals surface area contributed by atoms with Crippen LogP contribution in [0.4, 0.5) is 0 Å². The summed E-state index contributed by atoms with van der Waals surface area (Å²) in [6, 6.07) is 12.7. The minimum Gasteiger partial charge on any atom is -0.461 e. The molecule has 4 rings (SSSR count). The molecule has 0 spiro atoms. The van der Waals surface area contributed by atoms with E-state index in [9.17, 15) is 18.0 Å². The third-order valence-corrected chi connectivity index (χ3v) is 6.93. The maximum absolute atomic E-state index is 12.9. The zero-order chi connectivity index (χ0) is 19.7. The molecule has 1 heterocycles. The second-order valence-electron chi connectivity index (χ2n) is 7.13. The van der Waals surface area contributed by atoms with Gasteiger partial charge in [0.2, 0.25) is 0 Å². The van der Waals surface area contributed by atoms with Gasteiger partial charge in [0.25, 0.3) is 0 Å². The van der Waals surface area contributed by atoms with Crippen LogP contribution in [0.2, 0.25) is 0 Å². The third-order valence-electron chi connectivity index (χ3n) is 5.32. The van der Waals surface area contributed by atoms with Gasteiger partial charge < -0.3 is 4.74 Å². The summed E-state index contributed by atoms with van der Waals surface area (Å²) in [6.45, 7) is 1.55. The van der Waals surface area contributed by atoms with E-state index in [0.717, 1.165) is 11.1 Å². The Labute approximate surface area is 164 Å². The molecule has 0 amide bonds. The maximum atomic E-state index is 12.9. The first-order valence-electron chi connectivity index (χ1n) is 9.29. The Bertz CT molecular complexity index is 1030. The molecule has 0 bridgehead atoms. The van der Waals surface area contributed by atoms with Crippen LogP contribution >= 0.6 is 0 Å². The molecule has 0 atom stereocenters. The summed E-state index contributed by atoms with van der Waals surface area (Å²) in [6.07, 6.45) is 0.612. The number of ketones is 1. The molecule has 6 nitrogen and oxygen atoms in total. The molecule has 0 N–H and O–H groups in total. The molecule has 0 saturated carbocycles. The van der Waals surface area contributed by atoms with Crippen molar-refractivity contribution in [1.82, 2.24) is 4.90 Å². The zero-order valence-electron chi connectivity index (χ0n) is 15.4. The monoisotopic (exact) mass is 399 g/mol. The normalized spacial score (nSPS) is 18.2. The number of ether oxygens (including phenoxy) is 1. The van der Waals surface area contributed by atoms with Gasteiger partial charge in [-0.2, -0.15) is 0 Å². The second-order valence-corrected chi connectivity index (χ2v) is 9.44. The molecule has 1 saturated heterocycles. The SMILES string of the molecule is O=C(OCCN1CCS(=O)(=O)CC1)c1cccc2c1C(=O)c1ccccc1C2. The van der Waals surface area contributed by atoms with Crippen LogP contribution in [0.5, 0.6) is 0 Å². The summed E-state index contributed by atoms with van der Waals surface area (Å²) in [4.78, 5) is 27.5. The quantitative estimate of drug-likeness (QED) is 0.622. The fraction of sp³-hybridized carbons (Fsp3) is 0.333. The number of hydrogen-bond donors (Lipinski definition) is 0. The lowest BCUT2D eigenvalue weighted by molar-refractivity contribution is 0.0462. The molecule has 1 aliphatic heterocycles. The van der Waals surface area contributed by atoms with Crippen molar-refractivity contribution in [2.24, 2.45) is 0 Å². The van der Waals surface area contributed by atoms with Crippen LogP contribution in [-0.2, 0) is 21.0 Å². The number of esters is 1. The predicted octanol–water partition coefficient (Wildman–Crippen LogP) is 1.71. The molecule has 146 valence electrons. The molecule has 1 fully saturated rings. The standard InChI is InChI=1S/C21H21NO5S/c23-20-17-6-2-1-4-15(17)14-16-5-3-7-18(19(16)20)21(24)27-11-8-22-9-12-28(25,26)13-10-22/h1-7H,8-14H2. The highest BCUT2D eigenvalue weighted by Gasteiger charge is 2.28. The van der Waals surface area contributed by atoms with E-state index in [-0.39, 0.29) is 23.9 Å². The van der Waals surface area contributed by atoms with Gasteiger partial charge in [-0.05, 0) is 23.6 Å². The molecule has 2 aliphatic rings. The highest BCUT2D eigenvalue weighted by Crippen LogP contribution is 2.29. The van der Waals surface area contributed by atoms with Crippen molar-refractivity contribution < 1.29 is 22.7 Å². The Hall–Kier alpha value is -2.51. The summed E-state index contributed by atoms with van der Waals surface area (Å²) < 4.78 is 28.4. The van der Waals surface area contributed by atoms with Gasteiger partial charge in [0.15, 0.2) is 15.6 Å². The fourth-order valence-electron chi connectivity index (χ4n) is 3.74. The summed E-state index contributed by atoms with van der Waals surface area (Å²) >= 11 is 0. The Balaban J connectivity index is 1.44. The minimum atomic E-state index is -2.93. The largest absolute Gasteiger partial charge is 0.461 e. The van der Waals surface area contributed by atoms with E-state index in [2.05, 4.69) is 0 Å². The number of hydrogen-bond acceptors (Lipinski definition) is 6. The molecule has 0 radical (unpaired) electrons. The summed E-state index contributed by atoms with van der Waals surface area (Å²) in [7, 11) is -2.93. The van der Waals surface area contributed by atoms with Crippen LogP contribution in [0.1, 0.15) is 37.4 Å². The van der Waals surface area contributed by atoms with E-state index in [1.807, 2.05) is 29.2 Å². The highest BCUT2D eigenvalue weighted by atomic mass is 32.2. The van der Waals surface area contributed by atoms with Crippen molar-refractivity contribution in [2.45, 2.75) is 6.42 Å². The summed E-state index contributed by atoms with van der Waals surface area (Å²) in [5, 5.41) is 0. The van der Waals surface area contributed by atoms with Crippen LogP contribution in [-0.4, -0.2) is 62.8 Å². The predicted molar refractivity (Wildman–Crippen MR) is 104 cm³/mol. The molecule has 0 unspecified atom stereocenters. The van der Waals surface area contributed by atoms with Crippen LogP contribution in [0.25, 0.3) is 0 Å². The number of carbonyl (C=O) groups excluding carboxylic acids is 2. The Morgan fingerprint density at radius 3 is 2.50 bits per heavy atom. The smallest absolute Gasteiger partial charge is 0.338 e. The van der Waals surface area contributed by atoms with Gasteiger partial charge in [-0.15, -0.1) is 0 Å². The molecule has 1 aliphatic carbocycles. The van der Waals surface area contributed by atoms with Gasteiger partial charge in [-0.1, -0.05) is 36.4 Å². The average Bonchev–Trinajstić information content (AvgIpc) is 2.69. The van der Waals surface area contributed by atoms with Crippen molar-refractivity contribution in [1.29, 1.82) is 0 Å². The van der Waals surface area contributed by atoms with Gasteiger partial charge in [-0.25, -0.2) is 13.2 Å². The molecule has 2 aromatic carbocycles. The van der Waals surface area contributed by atoms with Crippen molar-refractivity contribution in [3.8, 4) is 0 Å². The van der Waals surface area contributed by atoms with Crippen LogP contribution in [0.15, 0.2) is 42.5 Å².